The third-order valence-corrected chi connectivity index (χ3v) is 6.08. The van der Waals surface area contributed by atoms with Gasteiger partial charge in [-0.15, -0.1) is 0 Å². The Labute approximate surface area is 206 Å². The van der Waals surface area contributed by atoms with Crippen molar-refractivity contribution in [2.75, 3.05) is 23.3 Å². The summed E-state index contributed by atoms with van der Waals surface area (Å²) >= 11 is 0. The van der Waals surface area contributed by atoms with Crippen molar-refractivity contribution < 1.29 is 31.1 Å². The van der Waals surface area contributed by atoms with E-state index in [0.29, 0.717) is 16.5 Å². The Hall–Kier alpha value is -4.09. The number of hydrogen-bond acceptors (Lipinski definition) is 4. The molecule has 1 aliphatic rings. The van der Waals surface area contributed by atoms with Crippen LogP contribution in [0.25, 0.3) is 11.0 Å². The van der Waals surface area contributed by atoms with Crippen LogP contribution in [0.1, 0.15) is 34.2 Å². The van der Waals surface area contributed by atoms with Crippen LogP contribution in [0, 0.1) is 0 Å². The van der Waals surface area contributed by atoms with Crippen LogP contribution in [0.4, 0.5) is 37.8 Å². The van der Waals surface area contributed by atoms with E-state index in [-0.39, 0.29) is 16.6 Å². The Morgan fingerprint density at radius 3 is 2.24 bits per heavy atom. The van der Waals surface area contributed by atoms with Crippen molar-refractivity contribution in [2.24, 2.45) is 0 Å². The number of anilines is 2. The van der Waals surface area contributed by atoms with Crippen LogP contribution in [0.3, 0.4) is 0 Å². The summed E-state index contributed by atoms with van der Waals surface area (Å²) in [7, 11) is 0. The largest absolute Gasteiger partial charge is 0.433 e. The highest BCUT2D eigenvalue weighted by Gasteiger charge is 2.45. The maximum absolute atomic E-state index is 14.4. The van der Waals surface area contributed by atoms with E-state index in [0.717, 1.165) is 31.6 Å². The number of rotatable bonds is 5. The Bertz CT molecular complexity index is 1430. The number of hydrogen-bond donors (Lipinski definition) is 1. The number of benzene rings is 1. The van der Waals surface area contributed by atoms with Crippen molar-refractivity contribution in [3.63, 3.8) is 0 Å². The van der Waals surface area contributed by atoms with E-state index < -0.39 is 41.3 Å². The molecule has 6 nitrogen and oxygen atoms in total. The second kappa shape index (κ2) is 9.09. The fourth-order valence-electron chi connectivity index (χ4n) is 4.20. The van der Waals surface area contributed by atoms with Gasteiger partial charge in [-0.25, -0.2) is 9.97 Å². The highest BCUT2D eigenvalue weighted by molar-refractivity contribution is 6.06. The predicted octanol–water partition coefficient (Wildman–Crippen LogP) is 6.06. The maximum Gasteiger partial charge on any atom is 0.433 e. The number of alkyl halides is 6. The molecule has 0 saturated carbocycles. The van der Waals surface area contributed by atoms with Crippen LogP contribution in [0.2, 0.25) is 0 Å². The van der Waals surface area contributed by atoms with Gasteiger partial charge in [-0.3, -0.25) is 4.79 Å². The van der Waals surface area contributed by atoms with E-state index in [1.165, 1.54) is 36.5 Å². The number of carbonyl (C=O) groups is 1. The molecule has 0 radical (unpaired) electrons. The number of amides is 1. The highest BCUT2D eigenvalue weighted by atomic mass is 19.4. The summed E-state index contributed by atoms with van der Waals surface area (Å²) in [6, 6.07) is 10.2. The van der Waals surface area contributed by atoms with Crippen molar-refractivity contribution in [3.05, 3.63) is 83.8 Å². The van der Waals surface area contributed by atoms with Gasteiger partial charge in [0.05, 0.1) is 11.9 Å². The molecule has 192 valence electrons. The minimum absolute atomic E-state index is 0.0467. The zero-order chi connectivity index (χ0) is 26.4. The van der Waals surface area contributed by atoms with E-state index in [9.17, 15) is 31.1 Å². The van der Waals surface area contributed by atoms with Gasteiger partial charge in [0.1, 0.15) is 22.9 Å². The molecule has 1 unspecified atom stereocenters. The second-order valence-electron chi connectivity index (χ2n) is 8.56. The molecule has 3 aromatic heterocycles. The van der Waals surface area contributed by atoms with Gasteiger partial charge in [0.15, 0.2) is 6.04 Å². The third kappa shape index (κ3) is 4.83. The van der Waals surface area contributed by atoms with Crippen molar-refractivity contribution in [1.82, 2.24) is 14.5 Å². The molecule has 0 bridgehead atoms. The van der Waals surface area contributed by atoms with Crippen molar-refractivity contribution in [2.45, 2.75) is 24.8 Å². The molecule has 37 heavy (non-hydrogen) atoms. The van der Waals surface area contributed by atoms with Crippen molar-refractivity contribution in [1.29, 1.82) is 0 Å². The Morgan fingerprint density at radius 2 is 1.68 bits per heavy atom. The molecular weight excluding hydrogens is 500 g/mol. The number of nitrogens with one attached hydrogen (secondary N) is 1. The van der Waals surface area contributed by atoms with Gasteiger partial charge in [0.2, 0.25) is 0 Å². The summed E-state index contributed by atoms with van der Waals surface area (Å²) in [6.07, 6.45) is -7.44. The molecule has 5 rings (SSSR count). The molecule has 1 N–H and O–H groups in total. The number of nitrogens with zero attached hydrogens (tertiary/aromatic N) is 4. The van der Waals surface area contributed by atoms with E-state index in [2.05, 4.69) is 15.3 Å². The van der Waals surface area contributed by atoms with E-state index in [1.54, 1.807) is 12.1 Å². The second-order valence-corrected chi connectivity index (χ2v) is 8.56. The van der Waals surface area contributed by atoms with E-state index in [4.69, 9.17) is 0 Å². The number of halogens is 6. The topological polar surface area (TPSA) is 63.1 Å². The standard InChI is InChI=1S/C25H19F6N5O/c26-24(27,28)19-9-7-16-13-18(23(37)33-17-8-10-20(32-14-17)35-11-4-12-35)36(22(16)34-19)21(25(29,30)31)15-5-2-1-3-6-15/h1-3,5-10,13-14,21H,4,11-12H2,(H,33,37). The van der Waals surface area contributed by atoms with Gasteiger partial charge < -0.3 is 14.8 Å². The summed E-state index contributed by atoms with van der Waals surface area (Å²) in [5.74, 6) is -0.251. The third-order valence-electron chi connectivity index (χ3n) is 6.08. The lowest BCUT2D eigenvalue weighted by Crippen LogP contribution is -2.37. The van der Waals surface area contributed by atoms with E-state index >= 15 is 0 Å². The normalized spacial score (nSPS) is 14.9. The van der Waals surface area contributed by atoms with Crippen LogP contribution < -0.4 is 10.2 Å². The lowest BCUT2D eigenvalue weighted by molar-refractivity contribution is -0.156. The first kappa shape index (κ1) is 24.6. The fraction of sp³-hybridized carbons (Fsp3) is 0.240. The first-order valence-electron chi connectivity index (χ1n) is 11.3. The van der Waals surface area contributed by atoms with Gasteiger partial charge >= 0.3 is 12.4 Å². The lowest BCUT2D eigenvalue weighted by Gasteiger charge is -2.31. The average molecular weight is 519 g/mol. The van der Waals surface area contributed by atoms with E-state index in [1.807, 2.05) is 4.90 Å². The summed E-state index contributed by atoms with van der Waals surface area (Å²) in [6.45, 7) is 1.70. The molecule has 0 spiro atoms. The van der Waals surface area contributed by atoms with Crippen LogP contribution >= 0.6 is 0 Å². The molecule has 4 aromatic rings. The Morgan fingerprint density at radius 1 is 0.946 bits per heavy atom. The fourth-order valence-corrected chi connectivity index (χ4v) is 4.20. The average Bonchev–Trinajstić information content (AvgIpc) is 3.17. The first-order valence-corrected chi connectivity index (χ1v) is 11.3. The minimum atomic E-state index is -4.96. The van der Waals surface area contributed by atoms with Gasteiger partial charge in [-0.2, -0.15) is 26.3 Å². The lowest BCUT2D eigenvalue weighted by atomic mass is 10.1. The van der Waals surface area contributed by atoms with Gasteiger partial charge in [0.25, 0.3) is 5.91 Å². The number of pyridine rings is 2. The molecule has 1 amide bonds. The molecular formula is C25H19F6N5O. The molecule has 1 fully saturated rings. The summed E-state index contributed by atoms with van der Waals surface area (Å²) in [5, 5.41) is 2.46. The first-order chi connectivity index (χ1) is 17.5. The van der Waals surface area contributed by atoms with Crippen molar-refractivity contribution in [3.8, 4) is 0 Å². The zero-order valence-corrected chi connectivity index (χ0v) is 19.0. The van der Waals surface area contributed by atoms with Crippen LogP contribution in [0.5, 0.6) is 0 Å². The summed E-state index contributed by atoms with van der Waals surface area (Å²) < 4.78 is 84.0. The zero-order valence-electron chi connectivity index (χ0n) is 19.0. The molecule has 1 aliphatic heterocycles. The number of fused-ring (bicyclic) bond motifs is 1. The maximum atomic E-state index is 14.4. The van der Waals surface area contributed by atoms with Crippen LogP contribution in [-0.4, -0.2) is 39.7 Å². The summed E-state index contributed by atoms with van der Waals surface area (Å²) in [4.78, 5) is 23.0. The predicted molar refractivity (Wildman–Crippen MR) is 124 cm³/mol. The number of carbonyl (C=O) groups excluding carboxylic acids is 1. The van der Waals surface area contributed by atoms with Gasteiger partial charge in [-0.05, 0) is 42.3 Å². The van der Waals surface area contributed by atoms with Gasteiger partial charge in [-0.1, -0.05) is 30.3 Å². The molecule has 1 saturated heterocycles. The highest BCUT2D eigenvalue weighted by Crippen LogP contribution is 2.40. The molecule has 1 atom stereocenters. The Kier molecular flexibility index (Phi) is 6.04. The molecule has 12 heteroatoms. The van der Waals surface area contributed by atoms with Crippen LogP contribution in [0.15, 0.2) is 66.9 Å². The molecule has 0 aliphatic carbocycles. The molecule has 4 heterocycles. The van der Waals surface area contributed by atoms with Gasteiger partial charge in [0, 0.05) is 18.5 Å². The van der Waals surface area contributed by atoms with Crippen molar-refractivity contribution >= 4 is 28.4 Å². The molecule has 1 aromatic carbocycles. The van der Waals surface area contributed by atoms with Crippen LogP contribution in [-0.2, 0) is 6.18 Å². The summed E-state index contributed by atoms with van der Waals surface area (Å²) in [5.41, 5.74) is -2.53. The quantitative estimate of drug-likeness (QED) is 0.326. The smallest absolute Gasteiger partial charge is 0.356 e. The Balaban J connectivity index is 1.62. The SMILES string of the molecule is O=C(Nc1ccc(N2CCC2)nc1)c1cc2ccc(C(F)(F)F)nc2n1C(c1ccccc1)C(F)(F)F. The minimum Gasteiger partial charge on any atom is -0.356 e. The monoisotopic (exact) mass is 519 g/mol. The number of aromatic nitrogens is 3.